The third kappa shape index (κ3) is 3.79. The maximum absolute atomic E-state index is 12.7. The van der Waals surface area contributed by atoms with Gasteiger partial charge < -0.3 is 14.6 Å². The highest BCUT2D eigenvalue weighted by atomic mass is 16.5. The van der Waals surface area contributed by atoms with Gasteiger partial charge in [0.1, 0.15) is 12.3 Å². The molecule has 0 bridgehead atoms. The van der Waals surface area contributed by atoms with Gasteiger partial charge in [0.2, 0.25) is 5.91 Å². The molecule has 0 saturated carbocycles. The molecule has 30 heavy (non-hydrogen) atoms. The fourth-order valence-electron chi connectivity index (χ4n) is 4.38. The minimum atomic E-state index is -0.131. The number of ether oxygens (including phenoxy) is 1. The normalized spacial score (nSPS) is 17.5. The summed E-state index contributed by atoms with van der Waals surface area (Å²) in [4.78, 5) is 27.8. The van der Waals surface area contributed by atoms with Gasteiger partial charge >= 0.3 is 0 Å². The summed E-state index contributed by atoms with van der Waals surface area (Å²) in [5.41, 5.74) is 1.30. The van der Waals surface area contributed by atoms with E-state index in [0.717, 1.165) is 24.0 Å². The zero-order valence-corrected chi connectivity index (χ0v) is 17.9. The molecule has 1 unspecified atom stereocenters. The number of methoxy groups -OCH3 is 1. The van der Waals surface area contributed by atoms with Crippen LogP contribution in [0.4, 0.5) is 0 Å². The van der Waals surface area contributed by atoms with Gasteiger partial charge in [-0.05, 0) is 44.5 Å². The van der Waals surface area contributed by atoms with Gasteiger partial charge in [-0.15, -0.1) is 0 Å². The van der Waals surface area contributed by atoms with Crippen molar-refractivity contribution in [1.82, 2.24) is 24.6 Å². The number of hydrogen-bond donors (Lipinski definition) is 1. The Labute approximate surface area is 175 Å². The highest BCUT2D eigenvalue weighted by molar-refractivity contribution is 6.04. The minimum Gasteiger partial charge on any atom is -0.497 e. The Bertz CT molecular complexity index is 1130. The molecule has 0 radical (unpaired) electrons. The zero-order chi connectivity index (χ0) is 21.3. The van der Waals surface area contributed by atoms with Gasteiger partial charge in [0.25, 0.3) is 5.56 Å². The quantitative estimate of drug-likeness (QED) is 0.670. The first kappa shape index (κ1) is 20.4. The number of fused-ring (bicyclic) bond motifs is 3. The molecule has 3 aromatic rings. The zero-order valence-electron chi connectivity index (χ0n) is 17.9. The Morgan fingerprint density at radius 2 is 2.13 bits per heavy atom. The molecular formula is C22H29N5O3. The predicted molar refractivity (Wildman–Crippen MR) is 117 cm³/mol. The molecule has 1 aliphatic heterocycles. The van der Waals surface area contributed by atoms with Crippen molar-refractivity contribution < 1.29 is 9.53 Å². The topological polar surface area (TPSA) is 81.4 Å². The van der Waals surface area contributed by atoms with Crippen LogP contribution in [0.2, 0.25) is 0 Å². The molecule has 160 valence electrons. The fraction of sp³-hybridized carbons (Fsp3) is 0.500. The van der Waals surface area contributed by atoms with Crippen LogP contribution in [0.3, 0.4) is 0 Å². The van der Waals surface area contributed by atoms with Gasteiger partial charge in [0, 0.05) is 31.6 Å². The van der Waals surface area contributed by atoms with Gasteiger partial charge in [0.15, 0.2) is 0 Å². The van der Waals surface area contributed by atoms with E-state index >= 15 is 0 Å². The number of hydrogen-bond acceptors (Lipinski definition) is 5. The van der Waals surface area contributed by atoms with Crippen LogP contribution in [-0.4, -0.2) is 57.9 Å². The van der Waals surface area contributed by atoms with E-state index in [-0.39, 0.29) is 18.0 Å². The number of amides is 1. The van der Waals surface area contributed by atoms with Crippen LogP contribution in [0, 0.1) is 0 Å². The highest BCUT2D eigenvalue weighted by Gasteiger charge is 2.19. The number of benzene rings is 1. The van der Waals surface area contributed by atoms with Crippen LogP contribution in [0.1, 0.15) is 26.2 Å². The molecule has 1 atom stereocenters. The molecule has 0 aliphatic carbocycles. The molecule has 1 N–H and O–H groups in total. The van der Waals surface area contributed by atoms with E-state index < -0.39 is 0 Å². The summed E-state index contributed by atoms with van der Waals surface area (Å²) in [6.07, 6.45) is 5.27. The number of likely N-dealkylation sites (tertiary alicyclic amines) is 1. The van der Waals surface area contributed by atoms with Gasteiger partial charge in [-0.25, -0.2) is 0 Å². The molecule has 1 amide bonds. The molecule has 1 aliphatic rings. The molecule has 2 aromatic heterocycles. The van der Waals surface area contributed by atoms with E-state index in [0.29, 0.717) is 29.2 Å². The summed E-state index contributed by atoms with van der Waals surface area (Å²) in [6.45, 7) is 4.87. The number of piperidine rings is 1. The van der Waals surface area contributed by atoms with Crippen molar-refractivity contribution in [3.8, 4) is 5.75 Å². The predicted octanol–water partition coefficient (Wildman–Crippen LogP) is 1.89. The Balaban J connectivity index is 1.55. The summed E-state index contributed by atoms with van der Waals surface area (Å²) in [5.74, 6) is 0.580. The van der Waals surface area contributed by atoms with E-state index in [1.165, 1.54) is 19.3 Å². The van der Waals surface area contributed by atoms with Crippen LogP contribution in [0.15, 0.2) is 29.2 Å². The van der Waals surface area contributed by atoms with Crippen LogP contribution in [-0.2, 0) is 18.4 Å². The van der Waals surface area contributed by atoms with E-state index in [1.54, 1.807) is 29.6 Å². The Morgan fingerprint density at radius 1 is 1.30 bits per heavy atom. The smallest absolute Gasteiger partial charge is 0.261 e. The first-order valence-electron chi connectivity index (χ1n) is 10.5. The lowest BCUT2D eigenvalue weighted by Crippen LogP contribution is -2.42. The van der Waals surface area contributed by atoms with Crippen molar-refractivity contribution in [2.24, 2.45) is 7.05 Å². The van der Waals surface area contributed by atoms with E-state index in [1.807, 2.05) is 18.2 Å². The Hall–Kier alpha value is -2.87. The average molecular weight is 412 g/mol. The number of carbonyl (C=O) groups is 1. The summed E-state index contributed by atoms with van der Waals surface area (Å²) in [7, 11) is 3.34. The van der Waals surface area contributed by atoms with Crippen molar-refractivity contribution in [2.75, 3.05) is 26.7 Å². The molecule has 0 spiro atoms. The second-order valence-electron chi connectivity index (χ2n) is 8.04. The Kier molecular flexibility index (Phi) is 5.76. The van der Waals surface area contributed by atoms with Gasteiger partial charge in [-0.2, -0.15) is 5.10 Å². The number of aromatic nitrogens is 3. The number of rotatable bonds is 6. The van der Waals surface area contributed by atoms with E-state index in [2.05, 4.69) is 22.2 Å². The molecule has 8 heteroatoms. The fourth-order valence-corrected chi connectivity index (χ4v) is 4.38. The van der Waals surface area contributed by atoms with Crippen molar-refractivity contribution in [1.29, 1.82) is 0 Å². The molecule has 1 saturated heterocycles. The second-order valence-corrected chi connectivity index (χ2v) is 8.04. The highest BCUT2D eigenvalue weighted by Crippen LogP contribution is 2.26. The van der Waals surface area contributed by atoms with Gasteiger partial charge in [0.05, 0.1) is 29.7 Å². The summed E-state index contributed by atoms with van der Waals surface area (Å²) >= 11 is 0. The van der Waals surface area contributed by atoms with Crippen molar-refractivity contribution in [2.45, 2.75) is 38.8 Å². The number of nitrogens with one attached hydrogen (secondary N) is 1. The average Bonchev–Trinajstić information content (AvgIpc) is 3.16. The second kappa shape index (κ2) is 8.47. The summed E-state index contributed by atoms with van der Waals surface area (Å²) in [6, 6.07) is 6.13. The van der Waals surface area contributed by atoms with Crippen LogP contribution < -0.4 is 15.6 Å². The Morgan fingerprint density at radius 3 is 2.90 bits per heavy atom. The summed E-state index contributed by atoms with van der Waals surface area (Å²) in [5, 5.41) is 8.67. The maximum atomic E-state index is 12.7. The van der Waals surface area contributed by atoms with Gasteiger partial charge in [-0.3, -0.25) is 19.2 Å². The van der Waals surface area contributed by atoms with Crippen molar-refractivity contribution in [3.63, 3.8) is 0 Å². The lowest BCUT2D eigenvalue weighted by molar-refractivity contribution is -0.121. The first-order valence-corrected chi connectivity index (χ1v) is 10.5. The maximum Gasteiger partial charge on any atom is 0.261 e. The number of carbonyl (C=O) groups excluding carboxylic acids is 1. The lowest BCUT2D eigenvalue weighted by Gasteiger charge is -2.33. The summed E-state index contributed by atoms with van der Waals surface area (Å²) < 4.78 is 8.57. The minimum absolute atomic E-state index is 0.0680. The number of nitrogens with zero attached hydrogens (tertiary/aromatic N) is 4. The molecule has 4 rings (SSSR count). The van der Waals surface area contributed by atoms with Crippen LogP contribution in [0.5, 0.6) is 5.75 Å². The van der Waals surface area contributed by atoms with Crippen molar-refractivity contribution in [3.05, 3.63) is 34.7 Å². The standard InChI is InChI=1S/C22H29N5O3/c1-15-6-4-5-10-26(15)11-9-23-20(28)14-27-21-17-12-16(30-3)7-8-19(17)25(2)22(29)18(21)13-24-27/h7-8,12-13,15H,4-6,9-11,14H2,1-3H3,(H,23,28). The monoisotopic (exact) mass is 411 g/mol. The number of pyridine rings is 1. The van der Waals surface area contributed by atoms with Crippen molar-refractivity contribution >= 4 is 27.7 Å². The van der Waals surface area contributed by atoms with Gasteiger partial charge in [-0.1, -0.05) is 6.42 Å². The third-order valence-electron chi connectivity index (χ3n) is 6.15. The van der Waals surface area contributed by atoms with Crippen LogP contribution in [0.25, 0.3) is 21.8 Å². The third-order valence-corrected chi connectivity index (χ3v) is 6.15. The molecule has 1 fully saturated rings. The number of aryl methyl sites for hydroxylation is 1. The molecular weight excluding hydrogens is 382 g/mol. The molecule has 8 nitrogen and oxygen atoms in total. The first-order chi connectivity index (χ1) is 14.5. The largest absolute Gasteiger partial charge is 0.497 e. The van der Waals surface area contributed by atoms with Crippen LogP contribution >= 0.6 is 0 Å². The lowest BCUT2D eigenvalue weighted by atomic mass is 10.0. The molecule has 3 heterocycles. The van der Waals surface area contributed by atoms with E-state index in [4.69, 9.17) is 4.74 Å². The SMILES string of the molecule is COc1ccc2c(c1)c1c(cnn1CC(=O)NCCN1CCCCC1C)c(=O)n2C. The van der Waals surface area contributed by atoms with E-state index in [9.17, 15) is 9.59 Å². The molecule has 1 aromatic carbocycles.